The summed E-state index contributed by atoms with van der Waals surface area (Å²) in [7, 11) is 0. The van der Waals surface area contributed by atoms with Crippen LogP contribution < -0.4 is 5.32 Å². The standard InChI is InChI=1S/C14H12F9NO/c15-11(16,12(17,18)13(19,20)14(21,22)23)10(25)24-8-4-7-9-5-2-1-3-6-9/h1-3,5-6H,4,7-8H2,(H,24,25). The second-order valence-electron chi connectivity index (χ2n) is 5.07. The Hall–Kier alpha value is -1.94. The molecule has 1 aromatic carbocycles. The monoisotopic (exact) mass is 381 g/mol. The van der Waals surface area contributed by atoms with Crippen molar-refractivity contribution in [3.05, 3.63) is 35.9 Å². The normalized spacial score (nSPS) is 13.6. The summed E-state index contributed by atoms with van der Waals surface area (Å²) >= 11 is 0. The molecule has 0 heterocycles. The third-order valence-electron chi connectivity index (χ3n) is 3.20. The highest BCUT2D eigenvalue weighted by Gasteiger charge is 2.83. The number of nitrogens with one attached hydrogen (secondary N) is 1. The number of benzene rings is 1. The van der Waals surface area contributed by atoms with E-state index < -0.39 is 36.4 Å². The van der Waals surface area contributed by atoms with Gasteiger partial charge in [-0.15, -0.1) is 0 Å². The predicted octanol–water partition coefficient (Wildman–Crippen LogP) is 4.20. The topological polar surface area (TPSA) is 29.1 Å². The van der Waals surface area contributed by atoms with E-state index in [1.54, 1.807) is 30.3 Å². The van der Waals surface area contributed by atoms with E-state index in [1.165, 1.54) is 5.32 Å². The van der Waals surface area contributed by atoms with Crippen molar-refractivity contribution < 1.29 is 44.3 Å². The summed E-state index contributed by atoms with van der Waals surface area (Å²) in [4.78, 5) is 11.1. The zero-order valence-corrected chi connectivity index (χ0v) is 12.3. The molecule has 0 spiro atoms. The van der Waals surface area contributed by atoms with Crippen LogP contribution >= 0.6 is 0 Å². The van der Waals surface area contributed by atoms with Gasteiger partial charge in [-0.3, -0.25) is 4.79 Å². The smallest absolute Gasteiger partial charge is 0.351 e. The van der Waals surface area contributed by atoms with E-state index >= 15 is 0 Å². The van der Waals surface area contributed by atoms with Crippen LogP contribution in [0.4, 0.5) is 39.5 Å². The molecule has 1 amide bonds. The van der Waals surface area contributed by atoms with E-state index in [4.69, 9.17) is 0 Å². The molecule has 0 saturated heterocycles. The fourth-order valence-corrected chi connectivity index (χ4v) is 1.77. The molecule has 25 heavy (non-hydrogen) atoms. The molecule has 2 nitrogen and oxygen atoms in total. The highest BCUT2D eigenvalue weighted by Crippen LogP contribution is 2.53. The number of hydrogen-bond donors (Lipinski definition) is 1. The molecule has 0 aliphatic rings. The molecule has 0 fully saturated rings. The summed E-state index contributed by atoms with van der Waals surface area (Å²) in [6.07, 6.45) is -6.73. The first-order valence-electron chi connectivity index (χ1n) is 6.77. The van der Waals surface area contributed by atoms with Gasteiger partial charge in [0.1, 0.15) is 0 Å². The zero-order chi connectivity index (χ0) is 19.5. The van der Waals surface area contributed by atoms with Gasteiger partial charge in [-0.25, -0.2) is 0 Å². The molecule has 0 aliphatic carbocycles. The first kappa shape index (κ1) is 21.1. The molecule has 0 radical (unpaired) electrons. The average molecular weight is 381 g/mol. The third kappa shape index (κ3) is 4.18. The van der Waals surface area contributed by atoms with Gasteiger partial charge in [0.25, 0.3) is 5.91 Å². The first-order valence-corrected chi connectivity index (χ1v) is 6.77. The molecule has 0 saturated carbocycles. The SMILES string of the molecule is O=C(NCCCc1ccccc1)C(F)(F)C(F)(F)C(F)(F)C(F)(F)F. The maximum absolute atomic E-state index is 13.2. The van der Waals surface area contributed by atoms with Gasteiger partial charge in [-0.05, 0) is 18.4 Å². The van der Waals surface area contributed by atoms with Crippen molar-refractivity contribution in [3.63, 3.8) is 0 Å². The van der Waals surface area contributed by atoms with E-state index in [0.717, 1.165) is 5.56 Å². The number of rotatable bonds is 7. The van der Waals surface area contributed by atoms with Gasteiger partial charge in [0, 0.05) is 6.54 Å². The molecule has 11 heteroatoms. The summed E-state index contributed by atoms with van der Waals surface area (Å²) in [5.41, 5.74) is 0.720. The minimum Gasteiger partial charge on any atom is -0.351 e. The maximum Gasteiger partial charge on any atom is 0.460 e. The largest absolute Gasteiger partial charge is 0.460 e. The van der Waals surface area contributed by atoms with Gasteiger partial charge in [-0.2, -0.15) is 39.5 Å². The molecular formula is C14H12F9NO. The lowest BCUT2D eigenvalue weighted by Gasteiger charge is -2.32. The lowest BCUT2D eigenvalue weighted by Crippen LogP contribution is -2.65. The lowest BCUT2D eigenvalue weighted by molar-refractivity contribution is -0.388. The van der Waals surface area contributed by atoms with Crippen molar-refractivity contribution in [2.45, 2.75) is 36.8 Å². The minimum atomic E-state index is -7.08. The Morgan fingerprint density at radius 3 is 1.84 bits per heavy atom. The van der Waals surface area contributed by atoms with Crippen LogP contribution in [-0.2, 0) is 11.2 Å². The molecule has 142 valence electrons. The average Bonchev–Trinajstić information content (AvgIpc) is 2.50. The minimum absolute atomic E-state index is 0.0208. The van der Waals surface area contributed by atoms with Crippen molar-refractivity contribution in [1.82, 2.24) is 5.32 Å². The molecule has 0 aromatic heterocycles. The Kier molecular flexibility index (Phi) is 6.01. The number of halogens is 9. The summed E-state index contributed by atoms with van der Waals surface area (Å²) in [5.74, 6) is -23.2. The van der Waals surface area contributed by atoms with E-state index in [2.05, 4.69) is 0 Å². The Labute approximate surface area is 136 Å². The quantitative estimate of drug-likeness (QED) is 0.557. The summed E-state index contributed by atoms with van der Waals surface area (Å²) in [6, 6.07) is 8.29. The zero-order valence-electron chi connectivity index (χ0n) is 12.3. The van der Waals surface area contributed by atoms with Crippen molar-refractivity contribution >= 4 is 5.91 Å². The van der Waals surface area contributed by atoms with Crippen LogP contribution in [0.15, 0.2) is 30.3 Å². The number of carbonyl (C=O) groups excluding carboxylic acids is 1. The number of aryl methyl sites for hydroxylation is 1. The molecule has 0 aliphatic heterocycles. The van der Waals surface area contributed by atoms with Crippen LogP contribution in [0, 0.1) is 0 Å². The van der Waals surface area contributed by atoms with E-state index in [-0.39, 0.29) is 12.8 Å². The van der Waals surface area contributed by atoms with Crippen LogP contribution in [0.2, 0.25) is 0 Å². The van der Waals surface area contributed by atoms with Crippen LogP contribution in [0.5, 0.6) is 0 Å². The Morgan fingerprint density at radius 1 is 0.840 bits per heavy atom. The van der Waals surface area contributed by atoms with Gasteiger partial charge >= 0.3 is 23.9 Å². The van der Waals surface area contributed by atoms with Gasteiger partial charge in [0.05, 0.1) is 0 Å². The first-order chi connectivity index (χ1) is 11.2. The number of amides is 1. The highest BCUT2D eigenvalue weighted by molar-refractivity contribution is 5.84. The van der Waals surface area contributed by atoms with Crippen LogP contribution in [0.3, 0.4) is 0 Å². The number of hydrogen-bond acceptors (Lipinski definition) is 1. The molecule has 0 unspecified atom stereocenters. The van der Waals surface area contributed by atoms with Crippen molar-refractivity contribution in [3.8, 4) is 0 Å². The van der Waals surface area contributed by atoms with E-state index in [1.807, 2.05) is 0 Å². The number of carbonyl (C=O) groups is 1. The van der Waals surface area contributed by atoms with Gasteiger partial charge in [0.2, 0.25) is 0 Å². The molecular weight excluding hydrogens is 369 g/mol. The molecule has 0 atom stereocenters. The van der Waals surface area contributed by atoms with Crippen molar-refractivity contribution in [2.24, 2.45) is 0 Å². The van der Waals surface area contributed by atoms with E-state index in [9.17, 15) is 44.3 Å². The highest BCUT2D eigenvalue weighted by atomic mass is 19.4. The van der Waals surface area contributed by atoms with Gasteiger partial charge in [-0.1, -0.05) is 30.3 Å². The van der Waals surface area contributed by atoms with Gasteiger partial charge in [0.15, 0.2) is 0 Å². The maximum atomic E-state index is 13.2. The molecule has 1 aromatic rings. The van der Waals surface area contributed by atoms with Crippen LogP contribution in [0.25, 0.3) is 0 Å². The second-order valence-corrected chi connectivity index (χ2v) is 5.07. The lowest BCUT2D eigenvalue weighted by atomic mass is 10.0. The Bertz CT molecular complexity index is 584. The third-order valence-corrected chi connectivity index (χ3v) is 3.20. The van der Waals surface area contributed by atoms with E-state index in [0.29, 0.717) is 0 Å². The Morgan fingerprint density at radius 2 is 1.36 bits per heavy atom. The fraction of sp³-hybridized carbons (Fsp3) is 0.500. The van der Waals surface area contributed by atoms with Crippen molar-refractivity contribution in [2.75, 3.05) is 6.54 Å². The van der Waals surface area contributed by atoms with Crippen LogP contribution in [-0.4, -0.2) is 36.4 Å². The summed E-state index contributed by atoms with van der Waals surface area (Å²) in [6.45, 7) is -0.614. The summed E-state index contributed by atoms with van der Waals surface area (Å²) < 4.78 is 114. The molecule has 1 N–H and O–H groups in total. The number of alkyl halides is 9. The summed E-state index contributed by atoms with van der Waals surface area (Å²) in [5, 5.41) is 1.25. The van der Waals surface area contributed by atoms with Crippen molar-refractivity contribution in [1.29, 1.82) is 0 Å². The van der Waals surface area contributed by atoms with Gasteiger partial charge < -0.3 is 5.32 Å². The predicted molar refractivity (Wildman–Crippen MR) is 68.7 cm³/mol. The molecule has 0 bridgehead atoms. The Balaban J connectivity index is 2.72. The second kappa shape index (κ2) is 7.12. The fourth-order valence-electron chi connectivity index (χ4n) is 1.77. The van der Waals surface area contributed by atoms with Crippen LogP contribution in [0.1, 0.15) is 12.0 Å². The molecule has 1 rings (SSSR count).